The second-order valence-electron chi connectivity index (χ2n) is 2.73. The van der Waals surface area contributed by atoms with Crippen LogP contribution in [0.4, 0.5) is 0 Å². The van der Waals surface area contributed by atoms with Crippen LogP contribution < -0.4 is 4.74 Å². The number of carbonyl (C=O) groups is 2. The van der Waals surface area contributed by atoms with E-state index in [0.29, 0.717) is 0 Å². The second-order valence-corrected chi connectivity index (χ2v) is 2.73. The predicted octanol–water partition coefficient (Wildman–Crippen LogP) is 1.95. The number of ether oxygens (including phenoxy) is 2. The maximum Gasteiger partial charge on any atom is 0.342 e. The first-order valence-electron chi connectivity index (χ1n) is 4.41. The minimum atomic E-state index is -0.547. The fourth-order valence-electron chi connectivity index (χ4n) is 1.05. The Morgan fingerprint density at radius 1 is 1.27 bits per heavy atom. The highest BCUT2D eigenvalue weighted by Gasteiger charge is 2.13. The van der Waals surface area contributed by atoms with Crippen LogP contribution in [0.15, 0.2) is 24.3 Å². The lowest BCUT2D eigenvalue weighted by Crippen LogP contribution is -2.08. The Hall–Kier alpha value is -1.84. The maximum atomic E-state index is 11.4. The van der Waals surface area contributed by atoms with Gasteiger partial charge >= 0.3 is 11.9 Å². The molecule has 0 aliphatic heterocycles. The van der Waals surface area contributed by atoms with Crippen LogP contribution in [-0.2, 0) is 9.53 Å². The molecule has 4 nitrogen and oxygen atoms in total. The number of rotatable bonds is 3. The van der Waals surface area contributed by atoms with Crippen molar-refractivity contribution in [2.24, 2.45) is 0 Å². The highest BCUT2D eigenvalue weighted by molar-refractivity contribution is 5.93. The third kappa shape index (κ3) is 3.09. The SMILES string of the molecule is C[CH]OC(=O)c1ccccc1OC(C)=O. The van der Waals surface area contributed by atoms with Crippen molar-refractivity contribution in [1.82, 2.24) is 0 Å². The van der Waals surface area contributed by atoms with Crippen LogP contribution in [0, 0.1) is 6.61 Å². The minimum Gasteiger partial charge on any atom is -0.455 e. The third-order valence-corrected chi connectivity index (χ3v) is 1.59. The lowest BCUT2D eigenvalue weighted by molar-refractivity contribution is -0.131. The van der Waals surface area contributed by atoms with Crippen molar-refractivity contribution in [1.29, 1.82) is 0 Å². The molecule has 1 radical (unpaired) electrons. The van der Waals surface area contributed by atoms with Crippen molar-refractivity contribution < 1.29 is 19.1 Å². The van der Waals surface area contributed by atoms with Crippen LogP contribution in [0.5, 0.6) is 5.75 Å². The standard InChI is InChI=1S/C11H11O4/c1-3-14-11(13)9-6-4-5-7-10(9)15-8(2)12/h3-7H,1-2H3. The Labute approximate surface area is 87.8 Å². The van der Waals surface area contributed by atoms with Gasteiger partial charge in [-0.3, -0.25) is 4.79 Å². The largest absolute Gasteiger partial charge is 0.455 e. The smallest absolute Gasteiger partial charge is 0.342 e. The summed E-state index contributed by atoms with van der Waals surface area (Å²) in [6.07, 6.45) is 0. The fraction of sp³-hybridized carbons (Fsp3) is 0.182. The van der Waals surface area contributed by atoms with Gasteiger partial charge in [-0.15, -0.1) is 0 Å². The van der Waals surface area contributed by atoms with Crippen molar-refractivity contribution in [3.63, 3.8) is 0 Å². The van der Waals surface area contributed by atoms with Crippen molar-refractivity contribution in [3.05, 3.63) is 36.4 Å². The van der Waals surface area contributed by atoms with E-state index in [1.807, 2.05) is 0 Å². The Balaban J connectivity index is 2.95. The summed E-state index contributed by atoms with van der Waals surface area (Å²) in [7, 11) is 0. The molecule has 0 aliphatic carbocycles. The molecule has 0 amide bonds. The number of hydrogen-bond donors (Lipinski definition) is 0. The molecule has 0 unspecified atom stereocenters. The molecule has 0 saturated heterocycles. The molecular weight excluding hydrogens is 196 g/mol. The minimum absolute atomic E-state index is 0.205. The number of benzene rings is 1. The van der Waals surface area contributed by atoms with Gasteiger partial charge < -0.3 is 9.47 Å². The summed E-state index contributed by atoms with van der Waals surface area (Å²) in [4.78, 5) is 22.2. The molecule has 0 fully saturated rings. The van der Waals surface area contributed by atoms with Gasteiger partial charge in [0.15, 0.2) is 0 Å². The number of para-hydroxylation sites is 1. The fourth-order valence-corrected chi connectivity index (χ4v) is 1.05. The van der Waals surface area contributed by atoms with Crippen LogP contribution >= 0.6 is 0 Å². The van der Waals surface area contributed by atoms with Gasteiger partial charge in [0.2, 0.25) is 0 Å². The summed E-state index contributed by atoms with van der Waals surface area (Å²) in [5, 5.41) is 0. The first-order chi connectivity index (χ1) is 7.15. The molecule has 0 heterocycles. The molecule has 15 heavy (non-hydrogen) atoms. The van der Waals surface area contributed by atoms with Gasteiger partial charge in [-0.05, 0) is 19.1 Å². The zero-order valence-corrected chi connectivity index (χ0v) is 8.52. The summed E-state index contributed by atoms with van der Waals surface area (Å²) in [5.74, 6) is -0.818. The first-order valence-corrected chi connectivity index (χ1v) is 4.41. The van der Waals surface area contributed by atoms with Gasteiger partial charge in [-0.2, -0.15) is 0 Å². The van der Waals surface area contributed by atoms with Gasteiger partial charge in [0.05, 0.1) is 0 Å². The monoisotopic (exact) mass is 207 g/mol. The van der Waals surface area contributed by atoms with Crippen molar-refractivity contribution in [2.45, 2.75) is 13.8 Å². The summed E-state index contributed by atoms with van der Waals surface area (Å²) < 4.78 is 9.55. The highest BCUT2D eigenvalue weighted by Crippen LogP contribution is 2.19. The van der Waals surface area contributed by atoms with Crippen LogP contribution in [0.25, 0.3) is 0 Å². The summed E-state index contributed by atoms with van der Waals surface area (Å²) in [6.45, 7) is 4.13. The Bertz CT molecular complexity index is 371. The summed E-state index contributed by atoms with van der Waals surface area (Å²) in [5.41, 5.74) is 0.228. The van der Waals surface area contributed by atoms with Crippen LogP contribution in [0.2, 0.25) is 0 Å². The molecule has 1 aromatic rings. The molecule has 1 rings (SSSR count). The number of carbonyl (C=O) groups excluding carboxylic acids is 2. The molecule has 4 heteroatoms. The first kappa shape index (κ1) is 11.2. The Morgan fingerprint density at radius 3 is 2.53 bits per heavy atom. The van der Waals surface area contributed by atoms with Crippen LogP contribution in [0.3, 0.4) is 0 Å². The quantitative estimate of drug-likeness (QED) is 0.561. The normalized spacial score (nSPS) is 9.47. The van der Waals surface area contributed by atoms with Crippen molar-refractivity contribution in [2.75, 3.05) is 0 Å². The average Bonchev–Trinajstić information content (AvgIpc) is 2.18. The number of esters is 2. The van der Waals surface area contributed by atoms with Crippen LogP contribution in [-0.4, -0.2) is 11.9 Å². The summed E-state index contributed by atoms with van der Waals surface area (Å²) in [6, 6.07) is 6.40. The molecule has 0 saturated carbocycles. The Morgan fingerprint density at radius 2 is 1.93 bits per heavy atom. The van der Waals surface area contributed by atoms with E-state index in [9.17, 15) is 9.59 Å². The zero-order valence-electron chi connectivity index (χ0n) is 8.52. The summed E-state index contributed by atoms with van der Waals surface area (Å²) >= 11 is 0. The third-order valence-electron chi connectivity index (χ3n) is 1.59. The molecule has 1 aromatic carbocycles. The second kappa shape index (κ2) is 5.14. The lowest BCUT2D eigenvalue weighted by Gasteiger charge is -2.06. The molecular formula is C11H11O4. The molecule has 0 atom stereocenters. The number of hydrogen-bond acceptors (Lipinski definition) is 4. The van der Waals surface area contributed by atoms with Gasteiger partial charge in [0.25, 0.3) is 0 Å². The van der Waals surface area contributed by atoms with E-state index in [1.54, 1.807) is 19.1 Å². The molecule has 0 bridgehead atoms. The predicted molar refractivity (Wildman–Crippen MR) is 53.1 cm³/mol. The molecule has 0 aromatic heterocycles. The van der Waals surface area contributed by atoms with E-state index in [2.05, 4.69) is 0 Å². The molecule has 0 N–H and O–H groups in total. The van der Waals surface area contributed by atoms with E-state index in [-0.39, 0.29) is 11.3 Å². The van der Waals surface area contributed by atoms with E-state index in [0.717, 1.165) is 0 Å². The van der Waals surface area contributed by atoms with Crippen molar-refractivity contribution in [3.8, 4) is 5.75 Å². The van der Waals surface area contributed by atoms with E-state index >= 15 is 0 Å². The van der Waals surface area contributed by atoms with E-state index in [1.165, 1.54) is 25.7 Å². The van der Waals surface area contributed by atoms with Gasteiger partial charge in [-0.1, -0.05) is 12.1 Å². The zero-order chi connectivity index (χ0) is 11.3. The van der Waals surface area contributed by atoms with Gasteiger partial charge in [-0.25, -0.2) is 4.79 Å². The van der Waals surface area contributed by atoms with E-state index < -0.39 is 11.9 Å². The molecule has 79 valence electrons. The van der Waals surface area contributed by atoms with Crippen molar-refractivity contribution >= 4 is 11.9 Å². The van der Waals surface area contributed by atoms with Gasteiger partial charge in [0.1, 0.15) is 17.9 Å². The maximum absolute atomic E-state index is 11.4. The van der Waals surface area contributed by atoms with E-state index in [4.69, 9.17) is 9.47 Å². The van der Waals surface area contributed by atoms with Crippen LogP contribution in [0.1, 0.15) is 24.2 Å². The lowest BCUT2D eigenvalue weighted by atomic mass is 10.2. The van der Waals surface area contributed by atoms with Gasteiger partial charge in [0, 0.05) is 6.92 Å². The molecule has 0 aliphatic rings. The topological polar surface area (TPSA) is 52.6 Å². The molecule has 0 spiro atoms. The Kier molecular flexibility index (Phi) is 3.85. The average molecular weight is 207 g/mol. The highest BCUT2D eigenvalue weighted by atomic mass is 16.5.